The lowest BCUT2D eigenvalue weighted by molar-refractivity contribution is 0.401. The average molecular weight is 256 g/mol. The molecule has 0 unspecified atom stereocenters. The molecule has 14 heavy (non-hydrogen) atoms. The van der Waals surface area contributed by atoms with Crippen LogP contribution < -0.4 is 4.74 Å². The van der Waals surface area contributed by atoms with Crippen molar-refractivity contribution in [2.24, 2.45) is 0 Å². The van der Waals surface area contributed by atoms with Crippen LogP contribution in [0.2, 0.25) is 0 Å². The Bertz CT molecular complexity index is 321. The van der Waals surface area contributed by atoms with Gasteiger partial charge in [-0.05, 0) is 34.8 Å². The zero-order valence-electron chi connectivity index (χ0n) is 8.29. The molecule has 2 rings (SSSR count). The molecule has 0 N–H and O–H groups in total. The van der Waals surface area contributed by atoms with E-state index in [9.17, 15) is 0 Å². The van der Waals surface area contributed by atoms with E-state index in [0.29, 0.717) is 5.92 Å². The maximum atomic E-state index is 5.35. The van der Waals surface area contributed by atoms with E-state index in [1.54, 1.807) is 7.11 Å². The van der Waals surface area contributed by atoms with Gasteiger partial charge in [-0.25, -0.2) is 0 Å². The van der Waals surface area contributed by atoms with Crippen molar-refractivity contribution in [1.82, 2.24) is 4.98 Å². The van der Waals surface area contributed by atoms with Gasteiger partial charge in [0.25, 0.3) is 0 Å². The number of halogens is 1. The Morgan fingerprint density at radius 2 is 2.14 bits per heavy atom. The number of hydrogen-bond donors (Lipinski definition) is 0. The van der Waals surface area contributed by atoms with E-state index >= 15 is 0 Å². The molecule has 1 fully saturated rings. The van der Waals surface area contributed by atoms with Crippen molar-refractivity contribution in [3.8, 4) is 5.75 Å². The number of hydrogen-bond acceptors (Lipinski definition) is 2. The minimum Gasteiger partial charge on any atom is -0.495 e. The monoisotopic (exact) mass is 255 g/mol. The summed E-state index contributed by atoms with van der Waals surface area (Å²) in [6.07, 6.45) is 7.02. The second-order valence-electron chi connectivity index (χ2n) is 3.72. The first-order chi connectivity index (χ1) is 6.81. The molecule has 3 heteroatoms. The second kappa shape index (κ2) is 4.30. The molecule has 0 amide bonds. The lowest BCUT2D eigenvalue weighted by Crippen LogP contribution is -2.00. The molecule has 0 spiro atoms. The molecule has 1 aliphatic carbocycles. The van der Waals surface area contributed by atoms with Crippen LogP contribution in [0.1, 0.15) is 37.3 Å². The fraction of sp³-hybridized carbons (Fsp3) is 0.545. The van der Waals surface area contributed by atoms with E-state index in [-0.39, 0.29) is 0 Å². The standard InChI is InChI=1S/C11H14BrNO/c1-14-10-6-9(12)7-13-11(10)8-4-2-3-5-8/h6-8H,2-5H2,1H3. The Morgan fingerprint density at radius 3 is 2.79 bits per heavy atom. The number of aromatic nitrogens is 1. The summed E-state index contributed by atoms with van der Waals surface area (Å²) >= 11 is 3.40. The second-order valence-corrected chi connectivity index (χ2v) is 4.64. The predicted octanol–water partition coefficient (Wildman–Crippen LogP) is 3.51. The van der Waals surface area contributed by atoms with Gasteiger partial charge in [0, 0.05) is 16.6 Å². The van der Waals surface area contributed by atoms with Gasteiger partial charge in [0.2, 0.25) is 0 Å². The van der Waals surface area contributed by atoms with E-state index in [0.717, 1.165) is 15.9 Å². The Kier molecular flexibility index (Phi) is 3.06. The van der Waals surface area contributed by atoms with Gasteiger partial charge in [-0.15, -0.1) is 0 Å². The third kappa shape index (κ3) is 1.92. The zero-order valence-corrected chi connectivity index (χ0v) is 9.88. The van der Waals surface area contributed by atoms with Crippen LogP contribution in [-0.2, 0) is 0 Å². The first-order valence-corrected chi connectivity index (χ1v) is 5.80. The van der Waals surface area contributed by atoms with Gasteiger partial charge in [-0.2, -0.15) is 0 Å². The summed E-state index contributed by atoms with van der Waals surface area (Å²) in [4.78, 5) is 4.46. The molecule has 2 nitrogen and oxygen atoms in total. The van der Waals surface area contributed by atoms with Crippen LogP contribution in [0, 0.1) is 0 Å². The normalized spacial score (nSPS) is 17.3. The van der Waals surface area contributed by atoms with Gasteiger partial charge in [-0.1, -0.05) is 12.8 Å². The first kappa shape index (κ1) is 9.97. The molecule has 0 saturated heterocycles. The molecule has 1 aromatic heterocycles. The van der Waals surface area contributed by atoms with Crippen LogP contribution >= 0.6 is 15.9 Å². The molecule has 0 aromatic carbocycles. The Labute approximate surface area is 92.8 Å². The van der Waals surface area contributed by atoms with Crippen LogP contribution in [0.4, 0.5) is 0 Å². The van der Waals surface area contributed by atoms with Gasteiger partial charge < -0.3 is 4.74 Å². The van der Waals surface area contributed by atoms with E-state index < -0.39 is 0 Å². The summed E-state index contributed by atoms with van der Waals surface area (Å²) in [6.45, 7) is 0. The SMILES string of the molecule is COc1cc(Br)cnc1C1CCCC1. The van der Waals surface area contributed by atoms with Gasteiger partial charge in [0.15, 0.2) is 0 Å². The summed E-state index contributed by atoms with van der Waals surface area (Å²) in [7, 11) is 1.71. The molecule has 0 aliphatic heterocycles. The van der Waals surface area contributed by atoms with Crippen LogP contribution in [-0.4, -0.2) is 12.1 Å². The van der Waals surface area contributed by atoms with Crippen molar-refractivity contribution in [2.75, 3.05) is 7.11 Å². The lowest BCUT2D eigenvalue weighted by Gasteiger charge is -2.12. The minimum atomic E-state index is 0.609. The third-order valence-corrected chi connectivity index (χ3v) is 3.24. The van der Waals surface area contributed by atoms with Crippen LogP contribution in [0.25, 0.3) is 0 Å². The average Bonchev–Trinajstić information content (AvgIpc) is 2.70. The van der Waals surface area contributed by atoms with Crippen LogP contribution in [0.3, 0.4) is 0 Å². The van der Waals surface area contributed by atoms with Gasteiger partial charge >= 0.3 is 0 Å². The molecular weight excluding hydrogens is 242 g/mol. The van der Waals surface area contributed by atoms with Crippen molar-refractivity contribution < 1.29 is 4.74 Å². The lowest BCUT2D eigenvalue weighted by atomic mass is 10.0. The summed E-state index contributed by atoms with van der Waals surface area (Å²) in [5.41, 5.74) is 1.13. The van der Waals surface area contributed by atoms with Crippen LogP contribution in [0.5, 0.6) is 5.75 Å². The molecule has 0 bridgehead atoms. The topological polar surface area (TPSA) is 22.1 Å². The van der Waals surface area contributed by atoms with E-state index in [2.05, 4.69) is 20.9 Å². The first-order valence-electron chi connectivity index (χ1n) is 5.00. The molecule has 1 saturated carbocycles. The zero-order chi connectivity index (χ0) is 9.97. The molecule has 1 heterocycles. The number of nitrogens with zero attached hydrogens (tertiary/aromatic N) is 1. The van der Waals surface area contributed by atoms with Gasteiger partial charge in [0.1, 0.15) is 5.75 Å². The summed E-state index contributed by atoms with van der Waals surface area (Å²) in [5, 5.41) is 0. The van der Waals surface area contributed by atoms with Crippen molar-refractivity contribution in [2.45, 2.75) is 31.6 Å². The van der Waals surface area contributed by atoms with Crippen molar-refractivity contribution in [1.29, 1.82) is 0 Å². The Morgan fingerprint density at radius 1 is 1.43 bits per heavy atom. The number of methoxy groups -OCH3 is 1. The van der Waals surface area contributed by atoms with Crippen molar-refractivity contribution >= 4 is 15.9 Å². The Hall–Kier alpha value is -0.570. The Balaban J connectivity index is 2.31. The summed E-state index contributed by atoms with van der Waals surface area (Å²) < 4.78 is 6.33. The quantitative estimate of drug-likeness (QED) is 0.807. The van der Waals surface area contributed by atoms with E-state index in [1.165, 1.54) is 25.7 Å². The number of pyridine rings is 1. The summed E-state index contributed by atoms with van der Waals surface area (Å²) in [6, 6.07) is 2.00. The third-order valence-electron chi connectivity index (χ3n) is 2.81. The van der Waals surface area contributed by atoms with Gasteiger partial charge in [-0.3, -0.25) is 4.98 Å². The summed E-state index contributed by atoms with van der Waals surface area (Å²) in [5.74, 6) is 1.53. The molecule has 1 aromatic rings. The number of ether oxygens (including phenoxy) is 1. The highest BCUT2D eigenvalue weighted by molar-refractivity contribution is 9.10. The van der Waals surface area contributed by atoms with E-state index in [4.69, 9.17) is 4.74 Å². The maximum Gasteiger partial charge on any atom is 0.141 e. The van der Waals surface area contributed by atoms with Crippen molar-refractivity contribution in [3.05, 3.63) is 22.4 Å². The predicted molar refractivity (Wildman–Crippen MR) is 59.7 cm³/mol. The number of rotatable bonds is 2. The van der Waals surface area contributed by atoms with Crippen molar-refractivity contribution in [3.63, 3.8) is 0 Å². The highest BCUT2D eigenvalue weighted by Gasteiger charge is 2.21. The molecular formula is C11H14BrNO. The highest BCUT2D eigenvalue weighted by atomic mass is 79.9. The fourth-order valence-corrected chi connectivity index (χ4v) is 2.41. The van der Waals surface area contributed by atoms with Gasteiger partial charge in [0.05, 0.1) is 12.8 Å². The fourth-order valence-electron chi connectivity index (χ4n) is 2.10. The molecule has 0 radical (unpaired) electrons. The maximum absolute atomic E-state index is 5.35. The van der Waals surface area contributed by atoms with Crippen LogP contribution in [0.15, 0.2) is 16.7 Å². The molecule has 0 atom stereocenters. The smallest absolute Gasteiger partial charge is 0.141 e. The molecule has 76 valence electrons. The van der Waals surface area contributed by atoms with E-state index in [1.807, 2.05) is 12.3 Å². The molecule has 1 aliphatic rings. The highest BCUT2D eigenvalue weighted by Crippen LogP contribution is 2.37. The largest absolute Gasteiger partial charge is 0.495 e. The minimum absolute atomic E-state index is 0.609.